The highest BCUT2D eigenvalue weighted by atomic mass is 16.6. The summed E-state index contributed by atoms with van der Waals surface area (Å²) < 4.78 is 13.2. The van der Waals surface area contributed by atoms with Crippen molar-refractivity contribution < 1.29 is 19.1 Å². The molecule has 0 spiro atoms. The van der Waals surface area contributed by atoms with Gasteiger partial charge in [0, 0.05) is 32.7 Å². The number of anilines is 1. The number of benzene rings is 2. The molecule has 2 saturated heterocycles. The van der Waals surface area contributed by atoms with Gasteiger partial charge < -0.3 is 25.4 Å². The summed E-state index contributed by atoms with van der Waals surface area (Å²) in [6.07, 6.45) is 0.643. The predicted molar refractivity (Wildman–Crippen MR) is 151 cm³/mol. The molecule has 3 N–H and O–H groups in total. The Bertz CT molecular complexity index is 1380. The highest BCUT2D eigenvalue weighted by molar-refractivity contribution is 5.98. The van der Waals surface area contributed by atoms with Crippen molar-refractivity contribution in [3.05, 3.63) is 66.0 Å². The van der Waals surface area contributed by atoms with Gasteiger partial charge in [0.1, 0.15) is 22.8 Å². The van der Waals surface area contributed by atoms with E-state index in [1.165, 1.54) is 0 Å². The molecule has 2 fully saturated rings. The molecule has 0 bridgehead atoms. The second-order valence-electron chi connectivity index (χ2n) is 11.9. The molecule has 0 saturated carbocycles. The molecule has 10 heteroatoms. The summed E-state index contributed by atoms with van der Waals surface area (Å²) in [7, 11) is 0. The third-order valence-electron chi connectivity index (χ3n) is 7.85. The van der Waals surface area contributed by atoms with Crippen molar-refractivity contribution in [1.82, 2.24) is 19.6 Å². The smallest absolute Gasteiger partial charge is 0.410 e. The first kappa shape index (κ1) is 26.2. The number of ether oxygens (including phenoxy) is 2. The first-order chi connectivity index (χ1) is 19.2. The first-order valence-corrected chi connectivity index (χ1v) is 13.9. The topological polar surface area (TPSA) is 115 Å². The minimum atomic E-state index is -0.530. The molecule has 3 aliphatic rings. The van der Waals surface area contributed by atoms with E-state index in [0.717, 1.165) is 43.2 Å². The molecule has 3 atom stereocenters. The third kappa shape index (κ3) is 5.11. The van der Waals surface area contributed by atoms with Gasteiger partial charge in [-0.25, -0.2) is 9.48 Å². The number of fused-ring (bicyclic) bond motifs is 2. The molecule has 1 aromatic heterocycles. The zero-order chi connectivity index (χ0) is 28.0. The monoisotopic (exact) mass is 544 g/mol. The van der Waals surface area contributed by atoms with Gasteiger partial charge in [0.15, 0.2) is 5.69 Å². The van der Waals surface area contributed by atoms with E-state index in [4.69, 9.17) is 20.3 Å². The number of hydrogen-bond donors (Lipinski definition) is 2. The van der Waals surface area contributed by atoms with E-state index < -0.39 is 11.5 Å². The summed E-state index contributed by atoms with van der Waals surface area (Å²) in [4.78, 5) is 29.6. The number of para-hydroxylation sites is 1. The Kier molecular flexibility index (Phi) is 6.66. The number of amides is 2. The molecule has 6 rings (SSSR count). The van der Waals surface area contributed by atoms with Crippen molar-refractivity contribution in [2.24, 2.45) is 17.6 Å². The van der Waals surface area contributed by atoms with E-state index in [-0.39, 0.29) is 12.1 Å². The van der Waals surface area contributed by atoms with Gasteiger partial charge in [0.2, 0.25) is 0 Å². The molecule has 4 heterocycles. The lowest BCUT2D eigenvalue weighted by Gasteiger charge is -2.32. The number of rotatable bonds is 5. The van der Waals surface area contributed by atoms with Crippen molar-refractivity contribution in [3.63, 3.8) is 0 Å². The van der Waals surface area contributed by atoms with Crippen LogP contribution in [0.3, 0.4) is 0 Å². The highest BCUT2D eigenvalue weighted by Gasteiger charge is 2.46. The molecular formula is C30H36N6O4. The number of nitrogens with two attached hydrogens (primary N) is 1. The van der Waals surface area contributed by atoms with Gasteiger partial charge in [-0.2, -0.15) is 5.10 Å². The van der Waals surface area contributed by atoms with E-state index in [1.54, 1.807) is 4.68 Å². The SMILES string of the molecule is CC(C)(C)OC(=O)N1CC2CN(C3CCNc4c3nn(-c3ccc(Oc5ccccc5)cc3)c4C(N)=O)CC2C1. The predicted octanol–water partition coefficient (Wildman–Crippen LogP) is 4.42. The number of nitrogens with zero attached hydrogens (tertiary/aromatic N) is 4. The van der Waals surface area contributed by atoms with Gasteiger partial charge in [-0.1, -0.05) is 18.2 Å². The quantitative estimate of drug-likeness (QED) is 0.489. The van der Waals surface area contributed by atoms with Crippen LogP contribution in [0.1, 0.15) is 49.4 Å². The van der Waals surface area contributed by atoms with E-state index in [1.807, 2.05) is 80.3 Å². The van der Waals surface area contributed by atoms with Crippen LogP contribution >= 0.6 is 0 Å². The zero-order valence-corrected chi connectivity index (χ0v) is 23.2. The average Bonchev–Trinajstić information content (AvgIpc) is 3.60. The van der Waals surface area contributed by atoms with E-state index in [9.17, 15) is 9.59 Å². The van der Waals surface area contributed by atoms with Crippen LogP contribution in [-0.2, 0) is 4.74 Å². The standard InChI is InChI=1S/C30H36N6O4/c1-30(2,3)40-29(38)35-17-19-15-34(16-20(19)18-35)24-13-14-32-26-25(24)33-36(27(26)28(31)37)21-9-11-23(12-10-21)39-22-7-5-4-6-8-22/h4-12,19-20,24,32H,13-18H2,1-3H3,(H2,31,37). The maximum Gasteiger partial charge on any atom is 0.410 e. The number of carbonyl (C=O) groups excluding carboxylic acids is 2. The summed E-state index contributed by atoms with van der Waals surface area (Å²) in [6.45, 7) is 9.55. The molecule has 0 aliphatic carbocycles. The van der Waals surface area contributed by atoms with Crippen LogP contribution in [0.15, 0.2) is 54.6 Å². The van der Waals surface area contributed by atoms with Gasteiger partial charge in [-0.05, 0) is 75.4 Å². The molecule has 40 heavy (non-hydrogen) atoms. The number of nitrogens with one attached hydrogen (secondary N) is 1. The number of aromatic nitrogens is 2. The third-order valence-corrected chi connectivity index (χ3v) is 7.85. The summed E-state index contributed by atoms with van der Waals surface area (Å²) in [5, 5.41) is 8.33. The van der Waals surface area contributed by atoms with Crippen LogP contribution in [-0.4, -0.2) is 69.9 Å². The minimum absolute atomic E-state index is 0.0665. The Labute approximate surface area is 234 Å². The van der Waals surface area contributed by atoms with Crippen molar-refractivity contribution in [2.45, 2.75) is 38.8 Å². The number of hydrogen-bond acceptors (Lipinski definition) is 7. The van der Waals surface area contributed by atoms with Crippen molar-refractivity contribution >= 4 is 17.7 Å². The highest BCUT2D eigenvalue weighted by Crippen LogP contribution is 2.42. The fraction of sp³-hybridized carbons (Fsp3) is 0.433. The van der Waals surface area contributed by atoms with Crippen LogP contribution in [0.25, 0.3) is 5.69 Å². The molecule has 210 valence electrons. The number of likely N-dealkylation sites (tertiary alicyclic amines) is 2. The van der Waals surface area contributed by atoms with E-state index in [0.29, 0.717) is 42.1 Å². The summed E-state index contributed by atoms with van der Waals surface area (Å²) >= 11 is 0. The second-order valence-corrected chi connectivity index (χ2v) is 11.9. The Morgan fingerprint density at radius 3 is 2.23 bits per heavy atom. The zero-order valence-electron chi connectivity index (χ0n) is 23.2. The van der Waals surface area contributed by atoms with Gasteiger partial charge in [0.25, 0.3) is 5.91 Å². The molecule has 2 amide bonds. The Morgan fingerprint density at radius 1 is 0.950 bits per heavy atom. The van der Waals surface area contributed by atoms with Gasteiger partial charge >= 0.3 is 6.09 Å². The molecule has 3 aliphatic heterocycles. The number of carbonyl (C=O) groups is 2. The molecule has 0 radical (unpaired) electrons. The van der Waals surface area contributed by atoms with Crippen LogP contribution < -0.4 is 15.8 Å². The molecule has 2 aromatic carbocycles. The van der Waals surface area contributed by atoms with E-state index in [2.05, 4.69) is 10.2 Å². The lowest BCUT2D eigenvalue weighted by Crippen LogP contribution is -2.39. The van der Waals surface area contributed by atoms with Crippen LogP contribution in [0.2, 0.25) is 0 Å². The molecular weight excluding hydrogens is 508 g/mol. The molecule has 10 nitrogen and oxygen atoms in total. The van der Waals surface area contributed by atoms with Crippen LogP contribution in [0, 0.1) is 11.8 Å². The average molecular weight is 545 g/mol. The van der Waals surface area contributed by atoms with Gasteiger partial charge in [-0.3, -0.25) is 9.69 Å². The van der Waals surface area contributed by atoms with Gasteiger partial charge in [-0.15, -0.1) is 0 Å². The van der Waals surface area contributed by atoms with Crippen LogP contribution in [0.5, 0.6) is 11.5 Å². The summed E-state index contributed by atoms with van der Waals surface area (Å²) in [6, 6.07) is 17.1. The fourth-order valence-corrected chi connectivity index (χ4v) is 6.12. The second kappa shape index (κ2) is 10.2. The largest absolute Gasteiger partial charge is 0.457 e. The normalized spacial score (nSPS) is 22.4. The molecule has 3 aromatic rings. The lowest BCUT2D eigenvalue weighted by molar-refractivity contribution is 0.0270. The lowest BCUT2D eigenvalue weighted by atomic mass is 10.0. The van der Waals surface area contributed by atoms with E-state index >= 15 is 0 Å². The Balaban J connectivity index is 1.20. The first-order valence-electron chi connectivity index (χ1n) is 13.9. The van der Waals surface area contributed by atoms with Gasteiger partial charge in [0.05, 0.1) is 17.4 Å². The number of primary amides is 1. The fourth-order valence-electron chi connectivity index (χ4n) is 6.12. The van der Waals surface area contributed by atoms with Crippen LogP contribution in [0.4, 0.5) is 10.5 Å². The minimum Gasteiger partial charge on any atom is -0.457 e. The summed E-state index contributed by atoms with van der Waals surface area (Å²) in [5.74, 6) is 1.69. The maximum absolute atomic E-state index is 12.7. The Morgan fingerprint density at radius 2 is 1.60 bits per heavy atom. The Hall–Kier alpha value is -4.05. The summed E-state index contributed by atoms with van der Waals surface area (Å²) in [5.41, 5.74) is 8.02. The van der Waals surface area contributed by atoms with Crippen molar-refractivity contribution in [2.75, 3.05) is 38.0 Å². The maximum atomic E-state index is 12.7. The van der Waals surface area contributed by atoms with Crippen molar-refractivity contribution in [3.8, 4) is 17.2 Å². The van der Waals surface area contributed by atoms with Crippen molar-refractivity contribution in [1.29, 1.82) is 0 Å². The molecule has 3 unspecified atom stereocenters.